The number of esters is 3. The van der Waals surface area contributed by atoms with Crippen LogP contribution >= 0.6 is 0 Å². The van der Waals surface area contributed by atoms with Crippen LogP contribution in [0.25, 0.3) is 0 Å². The molecular weight excluding hydrogens is 781 g/mol. The lowest BCUT2D eigenvalue weighted by molar-refractivity contribution is -0.167. The summed E-state index contributed by atoms with van der Waals surface area (Å²) in [5.41, 5.74) is 0. The summed E-state index contributed by atoms with van der Waals surface area (Å²) in [6.07, 6.45) is 62.3. The Kier molecular flexibility index (Phi) is 49.8. The molecule has 0 amide bonds. The van der Waals surface area contributed by atoms with E-state index in [0.717, 1.165) is 89.9 Å². The monoisotopic (exact) mass is 883 g/mol. The number of carbonyl (C=O) groups excluding carboxylic acids is 3. The first-order valence-corrected chi connectivity index (χ1v) is 27.2. The summed E-state index contributed by atoms with van der Waals surface area (Å²) >= 11 is 0. The summed E-state index contributed by atoms with van der Waals surface area (Å²) in [5.74, 6) is -0.909. The fraction of sp³-hybridized carbons (Fsp3) is 0.807. The van der Waals surface area contributed by atoms with E-state index in [1.54, 1.807) is 0 Å². The van der Waals surface area contributed by atoms with Crippen LogP contribution in [-0.2, 0) is 28.6 Å². The minimum Gasteiger partial charge on any atom is -0.462 e. The van der Waals surface area contributed by atoms with Gasteiger partial charge in [-0.3, -0.25) is 14.4 Å². The minimum absolute atomic E-state index is 0.0854. The molecule has 0 saturated heterocycles. The van der Waals surface area contributed by atoms with Crippen molar-refractivity contribution in [3.8, 4) is 0 Å². The predicted octanol–water partition coefficient (Wildman–Crippen LogP) is 17.9. The molecule has 1 atom stereocenters. The minimum atomic E-state index is -0.784. The summed E-state index contributed by atoms with van der Waals surface area (Å²) in [7, 11) is 0. The summed E-state index contributed by atoms with van der Waals surface area (Å²) in [6, 6.07) is 0. The highest BCUT2D eigenvalue weighted by atomic mass is 16.6. The Bertz CT molecular complexity index is 1110. The maximum atomic E-state index is 12.8. The lowest BCUT2D eigenvalue weighted by atomic mass is 10.0. The van der Waals surface area contributed by atoms with Crippen molar-refractivity contribution in [3.05, 3.63) is 48.6 Å². The second-order valence-corrected chi connectivity index (χ2v) is 18.2. The van der Waals surface area contributed by atoms with Crippen molar-refractivity contribution >= 4 is 17.9 Å². The number of ether oxygens (including phenoxy) is 3. The molecule has 0 N–H and O–H groups in total. The van der Waals surface area contributed by atoms with Crippen LogP contribution in [0, 0.1) is 0 Å². The zero-order valence-corrected chi connectivity index (χ0v) is 41.8. The van der Waals surface area contributed by atoms with Crippen molar-refractivity contribution in [1.82, 2.24) is 0 Å². The highest BCUT2D eigenvalue weighted by Crippen LogP contribution is 2.15. The lowest BCUT2D eigenvalue weighted by Gasteiger charge is -2.18. The van der Waals surface area contributed by atoms with Gasteiger partial charge in [0.25, 0.3) is 0 Å². The lowest BCUT2D eigenvalue weighted by Crippen LogP contribution is -2.30. The second-order valence-electron chi connectivity index (χ2n) is 18.2. The van der Waals surface area contributed by atoms with Crippen LogP contribution in [0.5, 0.6) is 0 Å². The molecule has 63 heavy (non-hydrogen) atoms. The van der Waals surface area contributed by atoms with Crippen LogP contribution < -0.4 is 0 Å². The van der Waals surface area contributed by atoms with Gasteiger partial charge in [-0.15, -0.1) is 0 Å². The molecule has 0 radical (unpaired) electrons. The number of allylic oxidation sites excluding steroid dienone is 8. The standard InChI is InChI=1S/C57H102O6/c1-4-7-10-13-16-19-22-25-27-28-29-30-33-35-38-41-44-47-50-56(59)62-53-54(52-61-55(58)49-46-43-40-37-34-31-24-21-18-15-12-9-6-3)63-57(60)51-48-45-42-39-36-32-26-23-20-17-14-11-8-5-2/h22,25,27-31,34,54H,4-21,23-24,26,32-33,35-53H2,1-3H3/b25-22-,28-27-,30-29-,34-31-. The van der Waals surface area contributed by atoms with Crippen LogP contribution in [0.4, 0.5) is 0 Å². The van der Waals surface area contributed by atoms with Gasteiger partial charge in [-0.1, -0.05) is 236 Å². The Balaban J connectivity index is 4.41. The molecule has 0 saturated carbocycles. The maximum Gasteiger partial charge on any atom is 0.306 e. The average Bonchev–Trinajstić information content (AvgIpc) is 3.28. The molecule has 0 aromatic rings. The van der Waals surface area contributed by atoms with E-state index in [2.05, 4.69) is 69.4 Å². The van der Waals surface area contributed by atoms with Crippen LogP contribution in [-0.4, -0.2) is 37.2 Å². The van der Waals surface area contributed by atoms with Gasteiger partial charge in [0.15, 0.2) is 6.10 Å². The van der Waals surface area contributed by atoms with Crippen LogP contribution in [0.3, 0.4) is 0 Å². The molecule has 1 unspecified atom stereocenters. The number of rotatable bonds is 49. The van der Waals surface area contributed by atoms with Crippen molar-refractivity contribution in [2.45, 2.75) is 284 Å². The fourth-order valence-corrected chi connectivity index (χ4v) is 7.73. The van der Waals surface area contributed by atoms with Gasteiger partial charge in [0.2, 0.25) is 0 Å². The van der Waals surface area contributed by atoms with Crippen molar-refractivity contribution in [2.75, 3.05) is 13.2 Å². The largest absolute Gasteiger partial charge is 0.462 e. The summed E-state index contributed by atoms with van der Waals surface area (Å²) in [6.45, 7) is 6.60. The number of unbranched alkanes of at least 4 members (excludes halogenated alkanes) is 32. The van der Waals surface area contributed by atoms with Crippen LogP contribution in [0.1, 0.15) is 278 Å². The Hall–Kier alpha value is -2.63. The third-order valence-electron chi connectivity index (χ3n) is 11.9. The van der Waals surface area contributed by atoms with E-state index < -0.39 is 6.10 Å². The molecule has 0 aliphatic heterocycles. The third-order valence-corrected chi connectivity index (χ3v) is 11.9. The summed E-state index contributed by atoms with van der Waals surface area (Å²) in [4.78, 5) is 38.0. The smallest absolute Gasteiger partial charge is 0.306 e. The molecule has 0 aliphatic carbocycles. The van der Waals surface area contributed by atoms with Gasteiger partial charge in [0, 0.05) is 19.3 Å². The van der Waals surface area contributed by atoms with Gasteiger partial charge in [-0.25, -0.2) is 0 Å². The number of carbonyl (C=O) groups is 3. The van der Waals surface area contributed by atoms with E-state index in [0.29, 0.717) is 19.3 Å². The number of hydrogen-bond donors (Lipinski definition) is 0. The molecular formula is C57H102O6. The first-order chi connectivity index (χ1) is 31.0. The van der Waals surface area contributed by atoms with Crippen molar-refractivity contribution in [1.29, 1.82) is 0 Å². The zero-order chi connectivity index (χ0) is 45.8. The maximum absolute atomic E-state index is 12.8. The number of hydrogen-bond acceptors (Lipinski definition) is 6. The highest BCUT2D eigenvalue weighted by Gasteiger charge is 2.19. The molecule has 0 bridgehead atoms. The van der Waals surface area contributed by atoms with Gasteiger partial charge in [-0.05, 0) is 70.6 Å². The Morgan fingerprint density at radius 2 is 0.587 bits per heavy atom. The summed E-state index contributed by atoms with van der Waals surface area (Å²) in [5, 5.41) is 0. The SMILES string of the molecule is CCCCCCC\C=C/C=C\C=C/CCCCCCCC(=O)OCC(COC(=O)CCCCC/C=C\CCCCCCCC)OC(=O)CCCCCCCCCCCCCCCC. The van der Waals surface area contributed by atoms with E-state index in [9.17, 15) is 14.4 Å². The Labute approximate surface area is 390 Å². The fourth-order valence-electron chi connectivity index (χ4n) is 7.73. The zero-order valence-electron chi connectivity index (χ0n) is 41.8. The normalized spacial score (nSPS) is 12.4. The van der Waals surface area contributed by atoms with Crippen molar-refractivity contribution < 1.29 is 28.6 Å². The third kappa shape index (κ3) is 50.2. The van der Waals surface area contributed by atoms with E-state index in [1.807, 2.05) is 0 Å². The summed E-state index contributed by atoms with van der Waals surface area (Å²) < 4.78 is 16.8. The first-order valence-electron chi connectivity index (χ1n) is 27.2. The Morgan fingerprint density at radius 1 is 0.317 bits per heavy atom. The second kappa shape index (κ2) is 52.0. The van der Waals surface area contributed by atoms with E-state index in [-0.39, 0.29) is 31.1 Å². The quantitative estimate of drug-likeness (QED) is 0.0199. The van der Waals surface area contributed by atoms with Crippen LogP contribution in [0.15, 0.2) is 48.6 Å². The molecule has 0 fully saturated rings. The van der Waals surface area contributed by atoms with Gasteiger partial charge in [0.05, 0.1) is 0 Å². The van der Waals surface area contributed by atoms with E-state index in [1.165, 1.54) is 148 Å². The molecule has 0 aromatic heterocycles. The van der Waals surface area contributed by atoms with E-state index in [4.69, 9.17) is 14.2 Å². The molecule has 0 spiro atoms. The molecule has 366 valence electrons. The van der Waals surface area contributed by atoms with Gasteiger partial charge in [0.1, 0.15) is 13.2 Å². The Morgan fingerprint density at radius 3 is 0.937 bits per heavy atom. The van der Waals surface area contributed by atoms with E-state index >= 15 is 0 Å². The van der Waals surface area contributed by atoms with Gasteiger partial charge >= 0.3 is 17.9 Å². The van der Waals surface area contributed by atoms with Crippen molar-refractivity contribution in [3.63, 3.8) is 0 Å². The molecule has 0 aromatic carbocycles. The van der Waals surface area contributed by atoms with Gasteiger partial charge < -0.3 is 14.2 Å². The molecule has 0 heterocycles. The topological polar surface area (TPSA) is 78.9 Å². The van der Waals surface area contributed by atoms with Gasteiger partial charge in [-0.2, -0.15) is 0 Å². The molecule has 0 aliphatic rings. The average molecular weight is 883 g/mol. The molecule has 6 nitrogen and oxygen atoms in total. The predicted molar refractivity (Wildman–Crippen MR) is 270 cm³/mol. The molecule has 0 rings (SSSR count). The first kappa shape index (κ1) is 60.4. The highest BCUT2D eigenvalue weighted by molar-refractivity contribution is 5.71. The van der Waals surface area contributed by atoms with Crippen LogP contribution in [0.2, 0.25) is 0 Å². The molecule has 6 heteroatoms. The van der Waals surface area contributed by atoms with Crippen molar-refractivity contribution in [2.24, 2.45) is 0 Å².